The van der Waals surface area contributed by atoms with Crippen LogP contribution in [0, 0.1) is 0 Å². The van der Waals surface area contributed by atoms with Crippen LogP contribution in [-0.4, -0.2) is 61.7 Å². The second-order valence-electron chi connectivity index (χ2n) is 7.36. The molecule has 0 spiro atoms. The molecule has 2 fully saturated rings. The Morgan fingerprint density at radius 3 is 2.23 bits per heavy atom. The van der Waals surface area contributed by atoms with Gasteiger partial charge in [-0.15, -0.1) is 24.0 Å². The molecule has 1 aliphatic heterocycles. The number of likely N-dealkylation sites (tertiary alicyclic amines) is 1. The van der Waals surface area contributed by atoms with Gasteiger partial charge in [0.1, 0.15) is 0 Å². The molecular formula is C16H34IN5. The third-order valence-electron chi connectivity index (χ3n) is 4.23. The van der Waals surface area contributed by atoms with Gasteiger partial charge in [0.25, 0.3) is 0 Å². The lowest BCUT2D eigenvalue weighted by Crippen LogP contribution is -2.50. The molecular weight excluding hydrogens is 389 g/mol. The van der Waals surface area contributed by atoms with Gasteiger partial charge in [0, 0.05) is 50.8 Å². The molecule has 0 radical (unpaired) electrons. The number of halogens is 1. The normalized spacial score (nSPS) is 21.4. The van der Waals surface area contributed by atoms with Gasteiger partial charge in [-0.1, -0.05) is 0 Å². The molecule has 0 unspecified atom stereocenters. The monoisotopic (exact) mass is 423 g/mol. The molecule has 22 heavy (non-hydrogen) atoms. The van der Waals surface area contributed by atoms with Gasteiger partial charge in [-0.05, 0) is 46.5 Å². The molecule has 1 heterocycles. The van der Waals surface area contributed by atoms with Crippen LogP contribution in [0.5, 0.6) is 0 Å². The molecule has 2 aliphatic rings. The maximum Gasteiger partial charge on any atom is 0.191 e. The van der Waals surface area contributed by atoms with E-state index in [1.54, 1.807) is 0 Å². The first kappa shape index (κ1) is 20.0. The summed E-state index contributed by atoms with van der Waals surface area (Å²) < 4.78 is 0. The summed E-state index contributed by atoms with van der Waals surface area (Å²) in [5, 5.41) is 10.4. The highest BCUT2D eigenvalue weighted by molar-refractivity contribution is 14.0. The molecule has 5 nitrogen and oxygen atoms in total. The quantitative estimate of drug-likeness (QED) is 0.273. The molecule has 0 atom stereocenters. The molecule has 0 aromatic rings. The minimum absolute atomic E-state index is 0. The molecule has 0 aromatic carbocycles. The Bertz CT molecular complexity index is 341. The number of hydrogen-bond acceptors (Lipinski definition) is 3. The largest absolute Gasteiger partial charge is 0.355 e. The highest BCUT2D eigenvalue weighted by Gasteiger charge is 2.31. The number of guanidine groups is 1. The van der Waals surface area contributed by atoms with Gasteiger partial charge in [0.15, 0.2) is 5.96 Å². The van der Waals surface area contributed by atoms with Crippen LogP contribution < -0.4 is 16.0 Å². The van der Waals surface area contributed by atoms with Crippen molar-refractivity contribution in [1.82, 2.24) is 20.9 Å². The van der Waals surface area contributed by atoms with Gasteiger partial charge in [-0.2, -0.15) is 0 Å². The van der Waals surface area contributed by atoms with E-state index in [4.69, 9.17) is 0 Å². The number of aliphatic imine (C=N–C) groups is 1. The molecule has 3 N–H and O–H groups in total. The Hall–Kier alpha value is -0.0800. The van der Waals surface area contributed by atoms with Crippen molar-refractivity contribution in [2.75, 3.05) is 33.2 Å². The lowest BCUT2D eigenvalue weighted by Gasteiger charge is -2.33. The second kappa shape index (κ2) is 9.27. The molecule has 130 valence electrons. The highest BCUT2D eigenvalue weighted by Crippen LogP contribution is 2.29. The van der Waals surface area contributed by atoms with Crippen LogP contribution in [0.3, 0.4) is 0 Å². The van der Waals surface area contributed by atoms with E-state index in [-0.39, 0.29) is 29.5 Å². The average Bonchev–Trinajstić information content (AvgIpc) is 3.26. The van der Waals surface area contributed by atoms with Crippen molar-refractivity contribution in [2.45, 2.75) is 64.1 Å². The van der Waals surface area contributed by atoms with Crippen LogP contribution >= 0.6 is 24.0 Å². The average molecular weight is 423 g/mol. The number of piperidine rings is 1. The fourth-order valence-electron chi connectivity index (χ4n) is 2.86. The molecule has 1 aliphatic carbocycles. The van der Waals surface area contributed by atoms with Gasteiger partial charge in [-0.25, -0.2) is 0 Å². The highest BCUT2D eigenvalue weighted by atomic mass is 127. The molecule has 1 saturated carbocycles. The Kier molecular flexibility index (Phi) is 8.42. The van der Waals surface area contributed by atoms with Gasteiger partial charge in [-0.3, -0.25) is 4.99 Å². The van der Waals surface area contributed by atoms with Crippen LogP contribution in [0.4, 0.5) is 0 Å². The first-order valence-corrected chi connectivity index (χ1v) is 8.44. The minimum atomic E-state index is 0. The molecule has 0 aromatic heterocycles. The van der Waals surface area contributed by atoms with Gasteiger partial charge < -0.3 is 20.9 Å². The minimum Gasteiger partial charge on any atom is -0.355 e. The standard InChI is InChI=1S/C16H33N5.HI/c1-16(2,3)19-10-9-18-15(17-4)20-13-7-11-21(12-8-13)14-5-6-14;/h13-14,19H,5-12H2,1-4H3,(H2,17,18,20);1H. The third kappa shape index (κ3) is 7.46. The fourth-order valence-corrected chi connectivity index (χ4v) is 2.86. The summed E-state index contributed by atoms with van der Waals surface area (Å²) in [5.74, 6) is 0.940. The number of hydrogen-bond donors (Lipinski definition) is 3. The van der Waals surface area contributed by atoms with Crippen molar-refractivity contribution < 1.29 is 0 Å². The Balaban J connectivity index is 0.00000242. The lowest BCUT2D eigenvalue weighted by molar-refractivity contribution is 0.197. The molecule has 2 rings (SSSR count). The summed E-state index contributed by atoms with van der Waals surface area (Å²) in [4.78, 5) is 6.99. The van der Waals surface area contributed by atoms with Crippen molar-refractivity contribution in [3.8, 4) is 0 Å². The smallest absolute Gasteiger partial charge is 0.191 e. The fraction of sp³-hybridized carbons (Fsp3) is 0.938. The van der Waals surface area contributed by atoms with Crippen molar-refractivity contribution in [2.24, 2.45) is 4.99 Å². The van der Waals surface area contributed by atoms with E-state index in [1.807, 2.05) is 7.05 Å². The summed E-state index contributed by atoms with van der Waals surface area (Å²) in [6.07, 6.45) is 5.30. The van der Waals surface area contributed by atoms with E-state index in [9.17, 15) is 0 Å². The Labute approximate surface area is 153 Å². The van der Waals surface area contributed by atoms with Crippen LogP contribution in [0.15, 0.2) is 4.99 Å². The molecule has 6 heteroatoms. The first-order valence-electron chi connectivity index (χ1n) is 8.44. The van der Waals surface area contributed by atoms with Crippen molar-refractivity contribution in [3.05, 3.63) is 0 Å². The van der Waals surface area contributed by atoms with Crippen LogP contribution in [0.25, 0.3) is 0 Å². The summed E-state index contributed by atoms with van der Waals surface area (Å²) in [5.41, 5.74) is 0.175. The van der Waals surface area contributed by atoms with E-state index in [1.165, 1.54) is 38.8 Å². The lowest BCUT2D eigenvalue weighted by atomic mass is 10.1. The van der Waals surface area contributed by atoms with Crippen molar-refractivity contribution in [3.63, 3.8) is 0 Å². The maximum absolute atomic E-state index is 4.34. The summed E-state index contributed by atoms with van der Waals surface area (Å²) in [6, 6.07) is 1.48. The van der Waals surface area contributed by atoms with Crippen LogP contribution in [0.2, 0.25) is 0 Å². The summed E-state index contributed by atoms with van der Waals surface area (Å²) in [6.45, 7) is 10.9. The van der Waals surface area contributed by atoms with Crippen molar-refractivity contribution in [1.29, 1.82) is 0 Å². The summed E-state index contributed by atoms with van der Waals surface area (Å²) >= 11 is 0. The van der Waals surface area contributed by atoms with Gasteiger partial charge in [0.05, 0.1) is 0 Å². The van der Waals surface area contributed by atoms with Crippen LogP contribution in [-0.2, 0) is 0 Å². The predicted octanol–water partition coefficient (Wildman–Crippen LogP) is 1.78. The van der Waals surface area contributed by atoms with E-state index in [2.05, 4.69) is 46.6 Å². The van der Waals surface area contributed by atoms with E-state index < -0.39 is 0 Å². The van der Waals surface area contributed by atoms with E-state index in [0.29, 0.717) is 6.04 Å². The number of nitrogens with one attached hydrogen (secondary N) is 3. The van der Waals surface area contributed by atoms with Gasteiger partial charge in [0.2, 0.25) is 0 Å². The molecule has 1 saturated heterocycles. The molecule has 0 amide bonds. The van der Waals surface area contributed by atoms with Crippen LogP contribution in [0.1, 0.15) is 46.5 Å². The number of rotatable bonds is 5. The predicted molar refractivity (Wildman–Crippen MR) is 105 cm³/mol. The Morgan fingerprint density at radius 2 is 1.73 bits per heavy atom. The summed E-state index contributed by atoms with van der Waals surface area (Å²) in [7, 11) is 1.85. The first-order chi connectivity index (χ1) is 9.98. The zero-order valence-corrected chi connectivity index (χ0v) is 16.9. The zero-order valence-electron chi connectivity index (χ0n) is 14.6. The van der Waals surface area contributed by atoms with E-state index >= 15 is 0 Å². The van der Waals surface area contributed by atoms with Gasteiger partial charge >= 0.3 is 0 Å². The SMILES string of the molecule is CN=C(NCCNC(C)(C)C)NC1CCN(C2CC2)CC1.I. The maximum atomic E-state index is 4.34. The molecule has 0 bridgehead atoms. The number of nitrogens with zero attached hydrogens (tertiary/aromatic N) is 2. The topological polar surface area (TPSA) is 51.7 Å². The second-order valence-corrected chi connectivity index (χ2v) is 7.36. The third-order valence-corrected chi connectivity index (χ3v) is 4.23. The van der Waals surface area contributed by atoms with E-state index in [0.717, 1.165) is 25.1 Å². The van der Waals surface area contributed by atoms with Crippen molar-refractivity contribution >= 4 is 29.9 Å². The zero-order chi connectivity index (χ0) is 15.3. The Morgan fingerprint density at radius 1 is 1.09 bits per heavy atom.